The van der Waals surface area contributed by atoms with Crippen LogP contribution in [0.1, 0.15) is 25.7 Å². The summed E-state index contributed by atoms with van der Waals surface area (Å²) in [6.45, 7) is 0.391. The molecule has 27 heavy (non-hydrogen) atoms. The molecule has 0 spiro atoms. The second kappa shape index (κ2) is 7.87. The number of piperidine rings is 1. The van der Waals surface area contributed by atoms with Gasteiger partial charge >= 0.3 is 6.09 Å². The number of anilines is 1. The van der Waals surface area contributed by atoms with Crippen LogP contribution in [0.3, 0.4) is 0 Å². The zero-order chi connectivity index (χ0) is 18.8. The lowest BCUT2D eigenvalue weighted by molar-refractivity contribution is 0.122. The third-order valence-electron chi connectivity index (χ3n) is 5.38. The molecule has 2 bridgehead atoms. The summed E-state index contributed by atoms with van der Waals surface area (Å²) in [4.78, 5) is 12.3. The van der Waals surface area contributed by atoms with Crippen LogP contribution in [0, 0.1) is 11.7 Å². The van der Waals surface area contributed by atoms with Gasteiger partial charge in [0.1, 0.15) is 5.82 Å². The third kappa shape index (κ3) is 4.25. The molecule has 2 aromatic rings. The monoisotopic (exact) mass is 388 g/mol. The van der Waals surface area contributed by atoms with E-state index in [4.69, 9.17) is 16.3 Å². The maximum Gasteiger partial charge on any atom is 0.411 e. The number of halogens is 2. The Balaban J connectivity index is 1.43. The molecular formula is C21H22ClFN2O2. The summed E-state index contributed by atoms with van der Waals surface area (Å²) in [5.41, 5.74) is 1.27. The van der Waals surface area contributed by atoms with Crippen LogP contribution in [0.15, 0.2) is 42.5 Å². The van der Waals surface area contributed by atoms with Crippen LogP contribution in [0.4, 0.5) is 14.9 Å². The molecule has 2 heterocycles. The number of nitrogens with one attached hydrogen (secondary N) is 2. The van der Waals surface area contributed by atoms with Crippen molar-refractivity contribution >= 4 is 23.4 Å². The summed E-state index contributed by atoms with van der Waals surface area (Å²) in [6, 6.07) is 12.6. The zero-order valence-electron chi connectivity index (χ0n) is 14.9. The summed E-state index contributed by atoms with van der Waals surface area (Å²) in [7, 11) is 0. The van der Waals surface area contributed by atoms with Crippen molar-refractivity contribution in [3.8, 4) is 11.1 Å². The Labute approximate surface area is 163 Å². The number of amides is 1. The van der Waals surface area contributed by atoms with Crippen molar-refractivity contribution in [2.75, 3.05) is 11.9 Å². The Morgan fingerprint density at radius 1 is 1.19 bits per heavy atom. The average molecular weight is 389 g/mol. The van der Waals surface area contributed by atoms with Gasteiger partial charge in [0.25, 0.3) is 0 Å². The maximum atomic E-state index is 14.4. The highest BCUT2D eigenvalue weighted by molar-refractivity contribution is 6.30. The first-order valence-corrected chi connectivity index (χ1v) is 9.70. The van der Waals surface area contributed by atoms with Gasteiger partial charge in [-0.25, -0.2) is 9.18 Å². The highest BCUT2D eigenvalue weighted by Crippen LogP contribution is 2.33. The van der Waals surface area contributed by atoms with E-state index in [1.165, 1.54) is 18.9 Å². The number of carbonyl (C=O) groups excluding carboxylic acids is 1. The van der Waals surface area contributed by atoms with Crippen LogP contribution in [0.5, 0.6) is 0 Å². The molecule has 0 aromatic heterocycles. The van der Waals surface area contributed by atoms with E-state index in [0.717, 1.165) is 12.8 Å². The number of ether oxygens (including phenoxy) is 1. The lowest BCUT2D eigenvalue weighted by atomic mass is 9.93. The Bertz CT molecular complexity index is 833. The number of carbonyl (C=O) groups is 1. The van der Waals surface area contributed by atoms with Crippen molar-refractivity contribution in [2.45, 2.75) is 37.8 Å². The summed E-state index contributed by atoms with van der Waals surface area (Å²) in [5, 5.41) is 6.77. The van der Waals surface area contributed by atoms with E-state index in [9.17, 15) is 9.18 Å². The highest BCUT2D eigenvalue weighted by Gasteiger charge is 2.33. The Morgan fingerprint density at radius 2 is 1.93 bits per heavy atom. The van der Waals surface area contributed by atoms with E-state index in [1.807, 2.05) is 0 Å². The first-order valence-electron chi connectivity index (χ1n) is 9.33. The molecule has 2 saturated heterocycles. The predicted molar refractivity (Wildman–Crippen MR) is 104 cm³/mol. The lowest BCUT2D eigenvalue weighted by Gasteiger charge is -2.28. The topological polar surface area (TPSA) is 50.4 Å². The van der Waals surface area contributed by atoms with Gasteiger partial charge in [0, 0.05) is 22.7 Å². The third-order valence-corrected chi connectivity index (χ3v) is 5.62. The number of hydrogen-bond acceptors (Lipinski definition) is 3. The first-order chi connectivity index (χ1) is 13.1. The molecule has 0 aliphatic carbocycles. The fraction of sp³-hybridized carbons (Fsp3) is 0.381. The number of rotatable bonds is 4. The van der Waals surface area contributed by atoms with Crippen molar-refractivity contribution in [3.63, 3.8) is 0 Å². The van der Waals surface area contributed by atoms with Gasteiger partial charge in [0.2, 0.25) is 0 Å². The molecular weight excluding hydrogens is 367 g/mol. The molecule has 2 atom stereocenters. The fourth-order valence-corrected chi connectivity index (χ4v) is 4.41. The molecule has 4 nitrogen and oxygen atoms in total. The summed E-state index contributed by atoms with van der Waals surface area (Å²) in [5.74, 6) is -0.0422. The summed E-state index contributed by atoms with van der Waals surface area (Å²) < 4.78 is 19.9. The largest absolute Gasteiger partial charge is 0.449 e. The maximum absolute atomic E-state index is 14.4. The Kier molecular flexibility index (Phi) is 5.32. The van der Waals surface area contributed by atoms with E-state index in [1.54, 1.807) is 36.4 Å². The van der Waals surface area contributed by atoms with Crippen molar-refractivity contribution in [1.29, 1.82) is 0 Å². The van der Waals surface area contributed by atoms with Crippen LogP contribution in [-0.4, -0.2) is 24.8 Å². The molecule has 2 aliphatic heterocycles. The normalized spacial score (nSPS) is 23.9. The number of hydrogen-bond donors (Lipinski definition) is 2. The second-order valence-electron chi connectivity index (χ2n) is 7.37. The average Bonchev–Trinajstić information content (AvgIpc) is 2.98. The van der Waals surface area contributed by atoms with Gasteiger partial charge in [-0.1, -0.05) is 29.8 Å². The van der Waals surface area contributed by atoms with Gasteiger partial charge in [-0.2, -0.15) is 0 Å². The van der Waals surface area contributed by atoms with Crippen LogP contribution >= 0.6 is 11.6 Å². The Hall–Kier alpha value is -2.11. The first kappa shape index (κ1) is 18.3. The van der Waals surface area contributed by atoms with Crippen LogP contribution < -0.4 is 10.6 Å². The molecule has 2 N–H and O–H groups in total. The van der Waals surface area contributed by atoms with Crippen LogP contribution in [0.2, 0.25) is 5.02 Å². The smallest absolute Gasteiger partial charge is 0.411 e. The minimum atomic E-state index is -0.560. The molecule has 2 aromatic carbocycles. The van der Waals surface area contributed by atoms with Gasteiger partial charge in [-0.05, 0) is 61.4 Å². The minimum Gasteiger partial charge on any atom is -0.449 e. The lowest BCUT2D eigenvalue weighted by Crippen LogP contribution is -2.39. The SMILES string of the molecule is O=C(Nc1cccc(F)c1-c1cccc(Cl)c1)OCC1CC2CCC(C1)N2. The molecule has 4 rings (SSSR count). The molecule has 2 fully saturated rings. The van der Waals surface area contributed by atoms with Gasteiger partial charge in [-0.3, -0.25) is 5.32 Å². The number of benzene rings is 2. The van der Waals surface area contributed by atoms with Gasteiger partial charge < -0.3 is 10.1 Å². The van der Waals surface area contributed by atoms with Crippen molar-refractivity contribution in [1.82, 2.24) is 5.32 Å². The minimum absolute atomic E-state index is 0.303. The van der Waals surface area contributed by atoms with Gasteiger partial charge in [0.15, 0.2) is 0 Å². The standard InChI is InChI=1S/C21H22ClFN2O2/c22-15-4-1-3-14(11-15)20-18(23)5-2-6-19(20)25-21(26)27-12-13-9-16-7-8-17(10-13)24-16/h1-6,11,13,16-17,24H,7-10,12H2,(H,25,26). The summed E-state index contributed by atoms with van der Waals surface area (Å²) >= 11 is 6.03. The quantitative estimate of drug-likeness (QED) is 0.754. The van der Waals surface area contributed by atoms with E-state index < -0.39 is 11.9 Å². The van der Waals surface area contributed by atoms with Gasteiger partial charge in [0.05, 0.1) is 12.3 Å². The molecule has 6 heteroatoms. The van der Waals surface area contributed by atoms with E-state index >= 15 is 0 Å². The molecule has 142 valence electrons. The Morgan fingerprint density at radius 3 is 2.67 bits per heavy atom. The fourth-order valence-electron chi connectivity index (χ4n) is 4.22. The highest BCUT2D eigenvalue weighted by atomic mass is 35.5. The van der Waals surface area contributed by atoms with Gasteiger partial charge in [-0.15, -0.1) is 0 Å². The van der Waals surface area contributed by atoms with Crippen LogP contribution in [-0.2, 0) is 4.74 Å². The van der Waals surface area contributed by atoms with Crippen molar-refractivity contribution < 1.29 is 13.9 Å². The predicted octanol–water partition coefficient (Wildman–Crippen LogP) is 5.23. The van der Waals surface area contributed by atoms with Crippen molar-refractivity contribution in [2.24, 2.45) is 5.92 Å². The molecule has 2 aliphatic rings. The molecule has 2 unspecified atom stereocenters. The molecule has 1 amide bonds. The van der Waals surface area contributed by atoms with Crippen LogP contribution in [0.25, 0.3) is 11.1 Å². The number of fused-ring (bicyclic) bond motifs is 2. The molecule has 0 saturated carbocycles. The second-order valence-corrected chi connectivity index (χ2v) is 7.81. The van der Waals surface area contributed by atoms with E-state index in [-0.39, 0.29) is 0 Å². The van der Waals surface area contributed by atoms with E-state index in [2.05, 4.69) is 10.6 Å². The molecule has 0 radical (unpaired) electrons. The van der Waals surface area contributed by atoms with E-state index in [0.29, 0.717) is 46.4 Å². The summed E-state index contributed by atoms with van der Waals surface area (Å²) in [6.07, 6.45) is 3.93. The zero-order valence-corrected chi connectivity index (χ0v) is 15.6. The van der Waals surface area contributed by atoms with Crippen molar-refractivity contribution in [3.05, 3.63) is 53.3 Å².